The number of carboxylic acids is 1. The Morgan fingerprint density at radius 2 is 2.39 bits per heavy atom. The van der Waals surface area contributed by atoms with E-state index in [1.165, 1.54) is 0 Å². The van der Waals surface area contributed by atoms with Crippen molar-refractivity contribution in [1.29, 1.82) is 0 Å². The minimum absolute atomic E-state index is 0.477. The third-order valence-corrected chi connectivity index (χ3v) is 3.08. The standard InChI is InChI=1S/C13H19N3O2/c1-2-3-4-10(13(17)18)15-11-7-8-14-12(16-11)9-5-6-9/h7-10H,2-6H2,1H3,(H,17,18)(H,14,15,16)/t10-/m0/s1. The SMILES string of the molecule is CCCC[C@H](Nc1ccnc(C2CC2)n1)C(=O)O. The minimum atomic E-state index is -0.824. The van der Waals surface area contributed by atoms with Crippen molar-refractivity contribution in [3.05, 3.63) is 18.1 Å². The first-order valence-corrected chi connectivity index (χ1v) is 6.53. The van der Waals surface area contributed by atoms with E-state index in [4.69, 9.17) is 5.11 Å². The Bertz CT molecular complexity index is 418. The molecule has 1 aliphatic carbocycles. The lowest BCUT2D eigenvalue weighted by Gasteiger charge is -2.14. The van der Waals surface area contributed by atoms with Gasteiger partial charge in [-0.15, -0.1) is 0 Å². The third-order valence-electron chi connectivity index (χ3n) is 3.08. The molecule has 1 atom stereocenters. The molecule has 5 nitrogen and oxygen atoms in total. The molecule has 0 spiro atoms. The van der Waals surface area contributed by atoms with Crippen LogP contribution in [-0.4, -0.2) is 27.1 Å². The Hall–Kier alpha value is -1.65. The van der Waals surface area contributed by atoms with Gasteiger partial charge in [0.2, 0.25) is 0 Å². The summed E-state index contributed by atoms with van der Waals surface area (Å²) in [6.07, 6.45) is 6.48. The molecule has 1 heterocycles. The van der Waals surface area contributed by atoms with E-state index in [0.717, 1.165) is 31.5 Å². The molecule has 0 bridgehead atoms. The van der Waals surface area contributed by atoms with Gasteiger partial charge in [-0.25, -0.2) is 14.8 Å². The zero-order chi connectivity index (χ0) is 13.0. The van der Waals surface area contributed by atoms with Crippen LogP contribution < -0.4 is 5.32 Å². The van der Waals surface area contributed by atoms with Crippen LogP contribution in [0.15, 0.2) is 12.3 Å². The summed E-state index contributed by atoms with van der Waals surface area (Å²) in [6, 6.07) is 1.17. The quantitative estimate of drug-likeness (QED) is 0.776. The molecule has 0 aliphatic heterocycles. The summed E-state index contributed by atoms with van der Waals surface area (Å²) >= 11 is 0. The fraction of sp³-hybridized carbons (Fsp3) is 0.615. The second kappa shape index (κ2) is 5.80. The van der Waals surface area contributed by atoms with Gasteiger partial charge in [0.1, 0.15) is 17.7 Å². The summed E-state index contributed by atoms with van der Waals surface area (Å²) in [4.78, 5) is 19.7. The van der Waals surface area contributed by atoms with E-state index in [0.29, 0.717) is 18.2 Å². The fourth-order valence-corrected chi connectivity index (χ4v) is 1.84. The number of hydrogen-bond donors (Lipinski definition) is 2. The number of rotatable bonds is 7. The summed E-state index contributed by atoms with van der Waals surface area (Å²) in [7, 11) is 0. The van der Waals surface area contributed by atoms with Gasteiger partial charge in [0, 0.05) is 12.1 Å². The van der Waals surface area contributed by atoms with Crippen LogP contribution in [0.1, 0.15) is 50.8 Å². The molecule has 0 aromatic carbocycles. The number of aromatic nitrogens is 2. The van der Waals surface area contributed by atoms with Crippen molar-refractivity contribution in [2.75, 3.05) is 5.32 Å². The number of carboxylic acid groups (broad SMARTS) is 1. The predicted molar refractivity (Wildman–Crippen MR) is 68.6 cm³/mol. The minimum Gasteiger partial charge on any atom is -0.480 e. The van der Waals surface area contributed by atoms with Crippen LogP contribution >= 0.6 is 0 Å². The van der Waals surface area contributed by atoms with Gasteiger partial charge >= 0.3 is 5.97 Å². The topological polar surface area (TPSA) is 75.1 Å². The van der Waals surface area contributed by atoms with Crippen LogP contribution in [0.25, 0.3) is 0 Å². The van der Waals surface area contributed by atoms with Gasteiger partial charge in [-0.1, -0.05) is 19.8 Å². The Morgan fingerprint density at radius 3 is 3.00 bits per heavy atom. The molecular formula is C13H19N3O2. The molecule has 0 amide bonds. The van der Waals surface area contributed by atoms with Gasteiger partial charge in [0.05, 0.1) is 0 Å². The van der Waals surface area contributed by atoms with Crippen LogP contribution in [0.4, 0.5) is 5.82 Å². The first-order valence-electron chi connectivity index (χ1n) is 6.53. The second-order valence-electron chi connectivity index (χ2n) is 4.75. The monoisotopic (exact) mass is 249 g/mol. The van der Waals surface area contributed by atoms with Crippen LogP contribution in [0.3, 0.4) is 0 Å². The number of aliphatic carboxylic acids is 1. The van der Waals surface area contributed by atoms with Gasteiger partial charge in [-0.3, -0.25) is 0 Å². The van der Waals surface area contributed by atoms with Crippen LogP contribution in [0.2, 0.25) is 0 Å². The van der Waals surface area contributed by atoms with E-state index in [1.807, 2.05) is 0 Å². The van der Waals surface area contributed by atoms with Crippen molar-refractivity contribution >= 4 is 11.8 Å². The molecule has 1 saturated carbocycles. The van der Waals surface area contributed by atoms with Crippen molar-refractivity contribution in [2.24, 2.45) is 0 Å². The molecule has 2 rings (SSSR count). The summed E-state index contributed by atoms with van der Waals surface area (Å²) in [5.41, 5.74) is 0. The largest absolute Gasteiger partial charge is 0.480 e. The lowest BCUT2D eigenvalue weighted by molar-refractivity contribution is -0.138. The highest BCUT2D eigenvalue weighted by Gasteiger charge is 2.27. The average Bonchev–Trinajstić information content (AvgIpc) is 3.18. The molecule has 98 valence electrons. The molecule has 0 radical (unpaired) electrons. The van der Waals surface area contributed by atoms with Gasteiger partial charge in [0.25, 0.3) is 0 Å². The first kappa shape index (κ1) is 12.8. The number of carbonyl (C=O) groups is 1. The molecule has 18 heavy (non-hydrogen) atoms. The molecule has 1 aliphatic rings. The molecule has 2 N–H and O–H groups in total. The zero-order valence-corrected chi connectivity index (χ0v) is 10.6. The van der Waals surface area contributed by atoms with Gasteiger partial charge in [-0.2, -0.15) is 0 Å². The molecule has 0 saturated heterocycles. The molecular weight excluding hydrogens is 230 g/mol. The van der Waals surface area contributed by atoms with Gasteiger partial charge in [0.15, 0.2) is 0 Å². The van der Waals surface area contributed by atoms with E-state index in [9.17, 15) is 4.79 Å². The average molecular weight is 249 g/mol. The number of nitrogens with one attached hydrogen (secondary N) is 1. The zero-order valence-electron chi connectivity index (χ0n) is 10.6. The summed E-state index contributed by atoms with van der Waals surface area (Å²) in [5, 5.41) is 12.1. The maximum absolute atomic E-state index is 11.1. The number of unbranched alkanes of at least 4 members (excludes halogenated alkanes) is 1. The Balaban J connectivity index is 2.00. The predicted octanol–water partition coefficient (Wildman–Crippen LogP) is 2.41. The first-order chi connectivity index (χ1) is 8.70. The van der Waals surface area contributed by atoms with Crippen molar-refractivity contribution in [1.82, 2.24) is 9.97 Å². The lowest BCUT2D eigenvalue weighted by atomic mass is 10.1. The molecule has 0 unspecified atom stereocenters. The maximum Gasteiger partial charge on any atom is 0.326 e. The highest BCUT2D eigenvalue weighted by molar-refractivity contribution is 5.76. The van der Waals surface area contributed by atoms with Crippen LogP contribution in [0, 0.1) is 0 Å². The molecule has 1 fully saturated rings. The summed E-state index contributed by atoms with van der Waals surface area (Å²) in [5.74, 6) is 1.11. The normalized spacial score (nSPS) is 16.3. The van der Waals surface area contributed by atoms with E-state index in [1.54, 1.807) is 12.3 Å². The molecule has 5 heteroatoms. The number of anilines is 1. The fourth-order valence-electron chi connectivity index (χ4n) is 1.84. The van der Waals surface area contributed by atoms with E-state index in [2.05, 4.69) is 22.2 Å². The number of hydrogen-bond acceptors (Lipinski definition) is 4. The Morgan fingerprint density at radius 1 is 1.61 bits per heavy atom. The van der Waals surface area contributed by atoms with Crippen molar-refractivity contribution < 1.29 is 9.90 Å². The molecule has 1 aromatic rings. The highest BCUT2D eigenvalue weighted by atomic mass is 16.4. The van der Waals surface area contributed by atoms with Crippen molar-refractivity contribution in [3.63, 3.8) is 0 Å². The molecule has 1 aromatic heterocycles. The maximum atomic E-state index is 11.1. The van der Waals surface area contributed by atoms with Gasteiger partial charge < -0.3 is 10.4 Å². The number of nitrogens with zero attached hydrogens (tertiary/aromatic N) is 2. The van der Waals surface area contributed by atoms with E-state index < -0.39 is 12.0 Å². The lowest BCUT2D eigenvalue weighted by Crippen LogP contribution is -2.29. The van der Waals surface area contributed by atoms with Crippen LogP contribution in [0.5, 0.6) is 0 Å². The Labute approximate surface area is 107 Å². The van der Waals surface area contributed by atoms with Crippen LogP contribution in [-0.2, 0) is 4.79 Å². The summed E-state index contributed by atoms with van der Waals surface area (Å²) < 4.78 is 0. The van der Waals surface area contributed by atoms with Crippen molar-refractivity contribution in [3.8, 4) is 0 Å². The second-order valence-corrected chi connectivity index (χ2v) is 4.75. The summed E-state index contributed by atoms with van der Waals surface area (Å²) in [6.45, 7) is 2.05. The van der Waals surface area contributed by atoms with Crippen molar-refractivity contribution in [2.45, 2.75) is 51.0 Å². The van der Waals surface area contributed by atoms with E-state index in [-0.39, 0.29) is 0 Å². The Kier molecular flexibility index (Phi) is 4.12. The highest BCUT2D eigenvalue weighted by Crippen LogP contribution is 2.38. The smallest absolute Gasteiger partial charge is 0.326 e. The van der Waals surface area contributed by atoms with Gasteiger partial charge in [-0.05, 0) is 25.3 Å². The third kappa shape index (κ3) is 3.42. The van der Waals surface area contributed by atoms with E-state index >= 15 is 0 Å².